The molecule has 2 aliphatic heterocycles. The molecule has 0 radical (unpaired) electrons. The number of nitrogens with zero attached hydrogens (tertiary/aromatic N) is 1. The summed E-state index contributed by atoms with van der Waals surface area (Å²) in [5.74, 6) is -0.438. The van der Waals surface area contributed by atoms with Gasteiger partial charge in [-0.15, -0.1) is 0 Å². The van der Waals surface area contributed by atoms with Crippen LogP contribution in [0.15, 0.2) is 12.1 Å². The summed E-state index contributed by atoms with van der Waals surface area (Å²) in [6, 6.07) is 4.14. The second-order valence-corrected chi connectivity index (χ2v) is 6.30. The average molecular weight is 304 g/mol. The second kappa shape index (κ2) is 5.89. The van der Waals surface area contributed by atoms with Gasteiger partial charge in [-0.1, -0.05) is 17.7 Å². The quantitative estimate of drug-likeness (QED) is 0.868. The summed E-state index contributed by atoms with van der Waals surface area (Å²) < 4.78 is 11.4. The Kier molecular flexibility index (Phi) is 4.10. The molecular formula is C17H24N2O3. The van der Waals surface area contributed by atoms with Crippen LogP contribution in [-0.4, -0.2) is 43.0 Å². The highest BCUT2D eigenvalue weighted by Crippen LogP contribution is 2.31. The van der Waals surface area contributed by atoms with Gasteiger partial charge in [-0.3, -0.25) is 0 Å². The third-order valence-electron chi connectivity index (χ3n) is 4.53. The van der Waals surface area contributed by atoms with Crippen molar-refractivity contribution >= 4 is 11.7 Å². The first kappa shape index (κ1) is 15.3. The smallest absolute Gasteiger partial charge is 0.321 e. The lowest BCUT2D eigenvalue weighted by Gasteiger charge is -2.37. The SMILES string of the molecule is Cc1cc(C)c(NC(=O)N2CCC3(CC2)OCCO3)c(C)c1. The Morgan fingerprint density at radius 1 is 1.09 bits per heavy atom. The Balaban J connectivity index is 1.64. The highest BCUT2D eigenvalue weighted by molar-refractivity contribution is 5.91. The van der Waals surface area contributed by atoms with E-state index in [9.17, 15) is 4.79 Å². The van der Waals surface area contributed by atoms with Gasteiger partial charge in [0, 0.05) is 31.6 Å². The number of benzene rings is 1. The van der Waals surface area contributed by atoms with Gasteiger partial charge in [0.05, 0.1) is 13.2 Å². The molecule has 0 atom stereocenters. The molecule has 120 valence electrons. The molecule has 2 aliphatic rings. The number of likely N-dealkylation sites (tertiary alicyclic amines) is 1. The number of hydrogen-bond acceptors (Lipinski definition) is 3. The molecule has 2 heterocycles. The van der Waals surface area contributed by atoms with Gasteiger partial charge in [-0.05, 0) is 31.9 Å². The zero-order chi connectivity index (χ0) is 15.7. The molecule has 0 aliphatic carbocycles. The van der Waals surface area contributed by atoms with Crippen LogP contribution in [0.5, 0.6) is 0 Å². The van der Waals surface area contributed by atoms with Gasteiger partial charge in [-0.25, -0.2) is 4.79 Å². The summed E-state index contributed by atoms with van der Waals surface area (Å²) in [5, 5.41) is 3.06. The van der Waals surface area contributed by atoms with Crippen LogP contribution in [0.25, 0.3) is 0 Å². The molecule has 0 saturated carbocycles. The molecule has 1 aromatic carbocycles. The number of nitrogens with one attached hydrogen (secondary N) is 1. The minimum absolute atomic E-state index is 0.0390. The highest BCUT2D eigenvalue weighted by atomic mass is 16.7. The predicted octanol–water partition coefficient (Wildman–Crippen LogP) is 2.98. The molecule has 1 spiro atoms. The van der Waals surface area contributed by atoms with Gasteiger partial charge in [0.15, 0.2) is 5.79 Å². The first-order valence-electron chi connectivity index (χ1n) is 7.91. The van der Waals surface area contributed by atoms with E-state index >= 15 is 0 Å². The van der Waals surface area contributed by atoms with Crippen LogP contribution in [0.3, 0.4) is 0 Å². The fourth-order valence-electron chi connectivity index (χ4n) is 3.40. The van der Waals surface area contributed by atoms with Crippen molar-refractivity contribution in [3.05, 3.63) is 28.8 Å². The van der Waals surface area contributed by atoms with Gasteiger partial charge >= 0.3 is 6.03 Å². The number of carbonyl (C=O) groups excluding carboxylic acids is 1. The molecule has 2 amide bonds. The Morgan fingerprint density at radius 3 is 2.18 bits per heavy atom. The first-order valence-corrected chi connectivity index (χ1v) is 7.91. The molecule has 0 aromatic heterocycles. The molecular weight excluding hydrogens is 280 g/mol. The normalized spacial score (nSPS) is 20.4. The molecule has 1 aromatic rings. The molecule has 2 fully saturated rings. The molecule has 22 heavy (non-hydrogen) atoms. The molecule has 2 saturated heterocycles. The molecule has 0 unspecified atom stereocenters. The third-order valence-corrected chi connectivity index (χ3v) is 4.53. The fourth-order valence-corrected chi connectivity index (χ4v) is 3.40. The van der Waals surface area contributed by atoms with Crippen molar-refractivity contribution in [3.63, 3.8) is 0 Å². The standard InChI is InChI=1S/C17H24N2O3/c1-12-10-13(2)15(14(3)11-12)18-16(20)19-6-4-17(5-7-19)21-8-9-22-17/h10-11H,4-9H2,1-3H3,(H,18,20). The van der Waals surface area contributed by atoms with Crippen LogP contribution in [0.4, 0.5) is 10.5 Å². The summed E-state index contributed by atoms with van der Waals surface area (Å²) >= 11 is 0. The monoisotopic (exact) mass is 304 g/mol. The van der Waals surface area contributed by atoms with E-state index in [1.165, 1.54) is 5.56 Å². The Morgan fingerprint density at radius 2 is 1.64 bits per heavy atom. The largest absolute Gasteiger partial charge is 0.347 e. The Bertz CT molecular complexity index is 546. The number of piperidine rings is 1. The number of rotatable bonds is 1. The lowest BCUT2D eigenvalue weighted by Crippen LogP contribution is -2.48. The summed E-state index contributed by atoms with van der Waals surface area (Å²) in [6.45, 7) is 8.77. The predicted molar refractivity (Wildman–Crippen MR) is 85.1 cm³/mol. The van der Waals surface area contributed by atoms with Gasteiger partial charge < -0.3 is 19.7 Å². The van der Waals surface area contributed by atoms with Gasteiger partial charge in [0.1, 0.15) is 0 Å². The number of amides is 2. The van der Waals surface area contributed by atoms with Crippen LogP contribution >= 0.6 is 0 Å². The zero-order valence-corrected chi connectivity index (χ0v) is 13.6. The molecule has 1 N–H and O–H groups in total. The van der Waals surface area contributed by atoms with E-state index in [1.54, 1.807) is 0 Å². The number of carbonyl (C=O) groups is 1. The van der Waals surface area contributed by atoms with Gasteiger partial charge in [0.25, 0.3) is 0 Å². The number of anilines is 1. The van der Waals surface area contributed by atoms with Crippen LogP contribution < -0.4 is 5.32 Å². The maximum Gasteiger partial charge on any atom is 0.321 e. The average Bonchev–Trinajstić information content (AvgIpc) is 2.91. The van der Waals surface area contributed by atoms with Crippen molar-refractivity contribution in [1.29, 1.82) is 0 Å². The van der Waals surface area contributed by atoms with Gasteiger partial charge in [-0.2, -0.15) is 0 Å². The third kappa shape index (κ3) is 2.96. The van der Waals surface area contributed by atoms with E-state index in [0.29, 0.717) is 26.3 Å². The van der Waals surface area contributed by atoms with Crippen LogP contribution in [0.2, 0.25) is 0 Å². The van der Waals surface area contributed by atoms with E-state index < -0.39 is 5.79 Å². The number of hydrogen-bond donors (Lipinski definition) is 1. The summed E-state index contributed by atoms with van der Waals surface area (Å²) in [4.78, 5) is 14.3. The van der Waals surface area contributed by atoms with Crippen LogP contribution in [-0.2, 0) is 9.47 Å². The number of aryl methyl sites for hydroxylation is 3. The number of urea groups is 1. The molecule has 5 heteroatoms. The Hall–Kier alpha value is -1.59. The van der Waals surface area contributed by atoms with Crippen molar-refractivity contribution in [2.45, 2.75) is 39.4 Å². The lowest BCUT2D eigenvalue weighted by molar-refractivity contribution is -0.181. The van der Waals surface area contributed by atoms with Crippen molar-refractivity contribution in [2.75, 3.05) is 31.6 Å². The van der Waals surface area contributed by atoms with Crippen molar-refractivity contribution < 1.29 is 14.3 Å². The van der Waals surface area contributed by atoms with Gasteiger partial charge in [0.2, 0.25) is 0 Å². The second-order valence-electron chi connectivity index (χ2n) is 6.30. The van der Waals surface area contributed by atoms with Crippen LogP contribution in [0, 0.1) is 20.8 Å². The van der Waals surface area contributed by atoms with Crippen molar-refractivity contribution in [1.82, 2.24) is 4.90 Å². The van der Waals surface area contributed by atoms with E-state index in [1.807, 2.05) is 18.7 Å². The maximum absolute atomic E-state index is 12.5. The maximum atomic E-state index is 12.5. The summed E-state index contributed by atoms with van der Waals surface area (Å²) in [5.41, 5.74) is 4.33. The molecule has 5 nitrogen and oxygen atoms in total. The van der Waals surface area contributed by atoms with Crippen molar-refractivity contribution in [2.24, 2.45) is 0 Å². The minimum atomic E-state index is -0.438. The van der Waals surface area contributed by atoms with E-state index in [-0.39, 0.29) is 6.03 Å². The van der Waals surface area contributed by atoms with E-state index in [0.717, 1.165) is 29.7 Å². The summed E-state index contributed by atoms with van der Waals surface area (Å²) in [6.07, 6.45) is 1.48. The zero-order valence-electron chi connectivity index (χ0n) is 13.6. The number of ether oxygens (including phenoxy) is 2. The topological polar surface area (TPSA) is 50.8 Å². The van der Waals surface area contributed by atoms with E-state index in [4.69, 9.17) is 9.47 Å². The minimum Gasteiger partial charge on any atom is -0.347 e. The van der Waals surface area contributed by atoms with E-state index in [2.05, 4.69) is 24.4 Å². The fraction of sp³-hybridized carbons (Fsp3) is 0.588. The highest BCUT2D eigenvalue weighted by Gasteiger charge is 2.40. The molecule has 3 rings (SSSR count). The molecule has 0 bridgehead atoms. The van der Waals surface area contributed by atoms with Crippen molar-refractivity contribution in [3.8, 4) is 0 Å². The lowest BCUT2D eigenvalue weighted by atomic mass is 10.0. The summed E-state index contributed by atoms with van der Waals surface area (Å²) in [7, 11) is 0. The van der Waals surface area contributed by atoms with Crippen LogP contribution in [0.1, 0.15) is 29.5 Å². The Labute approximate surface area is 131 Å². The first-order chi connectivity index (χ1) is 10.5.